The minimum Gasteiger partial charge on any atom is -0.457 e. The quantitative estimate of drug-likeness (QED) is 0.176. The van der Waals surface area contributed by atoms with Crippen LogP contribution >= 0.6 is 11.3 Å². The SMILES string of the molecule is CC(C)(C)c1ccc2c(c1)C1(c3cc(C(C)(C)C)ccc3O2)c2ccccc2-c2c(N(c3ccc4c(c3)C(C)(C)c3ccccc3-4)c3cccc4c3sc3ccccc34)cccc21. The molecule has 0 saturated heterocycles. The number of benzene rings is 8. The molecule has 3 heteroatoms. The molecule has 1 aromatic heterocycles. The molecule has 0 radical (unpaired) electrons. The van der Waals surface area contributed by atoms with Gasteiger partial charge in [-0.3, -0.25) is 0 Å². The molecule has 308 valence electrons. The van der Waals surface area contributed by atoms with Gasteiger partial charge in [0.05, 0.1) is 21.5 Å². The van der Waals surface area contributed by atoms with Gasteiger partial charge in [0.1, 0.15) is 11.5 Å². The highest BCUT2D eigenvalue weighted by molar-refractivity contribution is 7.26. The number of fused-ring (bicyclic) bond motifs is 15. The molecular formula is C60H51NOS. The number of hydrogen-bond donors (Lipinski definition) is 0. The second-order valence-electron chi connectivity index (χ2n) is 20.5. The van der Waals surface area contributed by atoms with E-state index in [2.05, 4.69) is 224 Å². The summed E-state index contributed by atoms with van der Waals surface area (Å²) < 4.78 is 9.59. The zero-order valence-electron chi connectivity index (χ0n) is 37.4. The molecule has 0 saturated carbocycles. The van der Waals surface area contributed by atoms with Crippen LogP contribution in [0, 0.1) is 0 Å². The zero-order chi connectivity index (χ0) is 43.2. The molecule has 2 nitrogen and oxygen atoms in total. The lowest BCUT2D eigenvalue weighted by Crippen LogP contribution is -2.33. The topological polar surface area (TPSA) is 12.5 Å². The summed E-state index contributed by atoms with van der Waals surface area (Å²) in [4.78, 5) is 2.59. The Bertz CT molecular complexity index is 3320. The molecule has 0 atom stereocenters. The Labute approximate surface area is 375 Å². The summed E-state index contributed by atoms with van der Waals surface area (Å²) in [6, 6.07) is 62.1. The predicted molar refractivity (Wildman–Crippen MR) is 266 cm³/mol. The molecule has 0 amide bonds. The van der Waals surface area contributed by atoms with E-state index in [9.17, 15) is 0 Å². The molecule has 0 unspecified atom stereocenters. The Kier molecular flexibility index (Phi) is 7.94. The number of anilines is 3. The van der Waals surface area contributed by atoms with E-state index in [1.807, 2.05) is 11.3 Å². The third-order valence-electron chi connectivity index (χ3n) is 14.5. The van der Waals surface area contributed by atoms with Crippen LogP contribution < -0.4 is 9.64 Å². The minimum atomic E-state index is -0.635. The van der Waals surface area contributed by atoms with Crippen molar-refractivity contribution in [3.05, 3.63) is 208 Å². The molecule has 2 heterocycles. The van der Waals surface area contributed by atoms with Crippen molar-refractivity contribution in [3.63, 3.8) is 0 Å². The predicted octanol–water partition coefficient (Wildman–Crippen LogP) is 16.9. The fourth-order valence-corrected chi connectivity index (χ4v) is 12.5. The van der Waals surface area contributed by atoms with Crippen LogP contribution in [0.4, 0.5) is 17.1 Å². The maximum atomic E-state index is 7.00. The summed E-state index contributed by atoms with van der Waals surface area (Å²) in [6.07, 6.45) is 0. The monoisotopic (exact) mass is 833 g/mol. The average molecular weight is 834 g/mol. The highest BCUT2D eigenvalue weighted by Gasteiger charge is 2.53. The lowest BCUT2D eigenvalue weighted by molar-refractivity contribution is 0.433. The maximum Gasteiger partial charge on any atom is 0.132 e. The van der Waals surface area contributed by atoms with E-state index in [4.69, 9.17) is 4.74 Å². The molecule has 0 fully saturated rings. The second-order valence-corrected chi connectivity index (χ2v) is 21.6. The van der Waals surface area contributed by atoms with Crippen molar-refractivity contribution in [2.45, 2.75) is 77.0 Å². The Morgan fingerprint density at radius 1 is 0.460 bits per heavy atom. The van der Waals surface area contributed by atoms with E-state index in [1.54, 1.807) is 0 Å². The first-order chi connectivity index (χ1) is 30.3. The first-order valence-electron chi connectivity index (χ1n) is 22.4. The molecule has 9 aromatic rings. The second kappa shape index (κ2) is 13.1. The van der Waals surface area contributed by atoms with Crippen molar-refractivity contribution in [3.8, 4) is 33.8 Å². The van der Waals surface area contributed by atoms with Crippen LogP contribution in [0.2, 0.25) is 0 Å². The van der Waals surface area contributed by atoms with Gasteiger partial charge in [-0.05, 0) is 115 Å². The van der Waals surface area contributed by atoms with Crippen LogP contribution in [-0.4, -0.2) is 0 Å². The average Bonchev–Trinajstić information content (AvgIpc) is 3.88. The standard InChI is InChI=1S/C60H51NOS/c1-57(2,3)36-27-31-52-48(33-36)60(49-34-37(58(4,5)6)28-32-53(49)62-52)45-22-13-10-19-43(45)55-46(60)23-16-24-50(55)61(51-25-15-20-42-41-18-11-14-26-54(41)63-56(42)51)38-29-30-40-39-17-9-12-21-44(39)59(7,8)47(40)35-38/h9-35H,1-8H3. The van der Waals surface area contributed by atoms with Crippen molar-refractivity contribution < 1.29 is 4.74 Å². The Hall–Kier alpha value is -6.42. The summed E-state index contributed by atoms with van der Waals surface area (Å²) in [5.74, 6) is 1.83. The largest absolute Gasteiger partial charge is 0.457 e. The van der Waals surface area contributed by atoms with E-state index in [0.29, 0.717) is 0 Å². The molecule has 0 N–H and O–H groups in total. The van der Waals surface area contributed by atoms with Gasteiger partial charge in [0.25, 0.3) is 0 Å². The van der Waals surface area contributed by atoms with Crippen LogP contribution in [-0.2, 0) is 21.7 Å². The van der Waals surface area contributed by atoms with Crippen LogP contribution in [0.15, 0.2) is 164 Å². The van der Waals surface area contributed by atoms with E-state index >= 15 is 0 Å². The number of nitrogens with zero attached hydrogens (tertiary/aromatic N) is 1. The molecule has 1 spiro atoms. The van der Waals surface area contributed by atoms with E-state index in [-0.39, 0.29) is 16.2 Å². The lowest BCUT2D eigenvalue weighted by Gasteiger charge is -2.41. The highest BCUT2D eigenvalue weighted by Crippen LogP contribution is 2.65. The van der Waals surface area contributed by atoms with Crippen molar-refractivity contribution in [2.75, 3.05) is 4.90 Å². The van der Waals surface area contributed by atoms with E-state index in [0.717, 1.165) is 17.2 Å². The number of thiophene rings is 1. The first-order valence-corrected chi connectivity index (χ1v) is 23.2. The van der Waals surface area contributed by atoms with Gasteiger partial charge >= 0.3 is 0 Å². The van der Waals surface area contributed by atoms with Crippen molar-refractivity contribution >= 4 is 48.6 Å². The molecule has 3 aliphatic rings. The van der Waals surface area contributed by atoms with Crippen molar-refractivity contribution in [1.82, 2.24) is 0 Å². The fourth-order valence-electron chi connectivity index (χ4n) is 11.2. The van der Waals surface area contributed by atoms with Gasteiger partial charge in [-0.1, -0.05) is 165 Å². The number of hydrogen-bond acceptors (Lipinski definition) is 3. The highest BCUT2D eigenvalue weighted by atomic mass is 32.1. The third kappa shape index (κ3) is 5.30. The molecule has 8 aromatic carbocycles. The first kappa shape index (κ1) is 38.3. The molecule has 12 rings (SSSR count). The van der Waals surface area contributed by atoms with Crippen LogP contribution in [0.3, 0.4) is 0 Å². The van der Waals surface area contributed by atoms with Gasteiger partial charge in [-0.25, -0.2) is 0 Å². The fraction of sp³-hybridized carbons (Fsp3) is 0.200. The van der Waals surface area contributed by atoms with Gasteiger partial charge in [0, 0.05) is 43.3 Å². The van der Waals surface area contributed by atoms with Gasteiger partial charge in [-0.2, -0.15) is 0 Å². The summed E-state index contributed by atoms with van der Waals surface area (Å²) in [6.45, 7) is 18.7. The maximum absolute atomic E-state index is 7.00. The summed E-state index contributed by atoms with van der Waals surface area (Å²) >= 11 is 1.89. The number of ether oxygens (including phenoxy) is 1. The van der Waals surface area contributed by atoms with Crippen LogP contribution in [0.5, 0.6) is 11.5 Å². The molecular weight excluding hydrogens is 783 g/mol. The third-order valence-corrected chi connectivity index (χ3v) is 15.7. The molecule has 2 aliphatic carbocycles. The van der Waals surface area contributed by atoms with Crippen LogP contribution in [0.1, 0.15) is 99.9 Å². The zero-order valence-corrected chi connectivity index (χ0v) is 38.2. The number of rotatable bonds is 3. The lowest BCUT2D eigenvalue weighted by atomic mass is 9.64. The van der Waals surface area contributed by atoms with Crippen molar-refractivity contribution in [2.24, 2.45) is 0 Å². The Morgan fingerprint density at radius 2 is 1.03 bits per heavy atom. The Morgan fingerprint density at radius 3 is 1.75 bits per heavy atom. The smallest absolute Gasteiger partial charge is 0.132 e. The molecule has 1 aliphatic heterocycles. The van der Waals surface area contributed by atoms with Crippen molar-refractivity contribution in [1.29, 1.82) is 0 Å². The van der Waals surface area contributed by atoms with Crippen LogP contribution in [0.25, 0.3) is 42.4 Å². The summed E-state index contributed by atoms with van der Waals surface area (Å²) in [7, 11) is 0. The van der Waals surface area contributed by atoms with Gasteiger partial charge in [-0.15, -0.1) is 11.3 Å². The van der Waals surface area contributed by atoms with E-state index < -0.39 is 5.41 Å². The van der Waals surface area contributed by atoms with Gasteiger partial charge in [0.15, 0.2) is 0 Å². The molecule has 0 bridgehead atoms. The van der Waals surface area contributed by atoms with E-state index in [1.165, 1.54) is 98.3 Å². The normalized spacial score (nSPS) is 15.0. The van der Waals surface area contributed by atoms with Gasteiger partial charge in [0.2, 0.25) is 0 Å². The summed E-state index contributed by atoms with van der Waals surface area (Å²) in [5, 5.41) is 2.58. The van der Waals surface area contributed by atoms with Gasteiger partial charge < -0.3 is 9.64 Å². The Balaban J connectivity index is 1.20. The molecule has 63 heavy (non-hydrogen) atoms. The minimum absolute atomic E-state index is 0.0622. The summed E-state index contributed by atoms with van der Waals surface area (Å²) in [5.41, 5.74) is 18.1.